The van der Waals surface area contributed by atoms with E-state index in [1.807, 2.05) is 25.5 Å². The van der Waals surface area contributed by atoms with Crippen molar-refractivity contribution in [1.82, 2.24) is 4.57 Å². The van der Waals surface area contributed by atoms with Crippen LogP contribution >= 0.6 is 22.6 Å². The van der Waals surface area contributed by atoms with E-state index in [2.05, 4.69) is 60.8 Å². The normalized spacial score (nSPS) is 11.0. The van der Waals surface area contributed by atoms with Crippen LogP contribution < -0.4 is 10.7 Å². The highest BCUT2D eigenvalue weighted by Crippen LogP contribution is 2.27. The Morgan fingerprint density at radius 3 is 2.14 bits per heavy atom. The van der Waals surface area contributed by atoms with E-state index >= 15 is 0 Å². The molecule has 0 aliphatic heterocycles. The van der Waals surface area contributed by atoms with Crippen molar-refractivity contribution in [2.45, 2.75) is 73.1 Å². The summed E-state index contributed by atoms with van der Waals surface area (Å²) < 4.78 is 3.21. The fourth-order valence-electron chi connectivity index (χ4n) is 3.93. The second-order valence-electron chi connectivity index (χ2n) is 7.49. The average Bonchev–Trinajstić information content (AvgIpc) is 2.70. The lowest BCUT2D eigenvalue weighted by molar-refractivity contribution is 0.102. The Hall–Kier alpha value is -1.63. The van der Waals surface area contributed by atoms with Crippen LogP contribution in [0.15, 0.2) is 16.9 Å². The first-order chi connectivity index (χ1) is 13.8. The number of nitrogens with zero attached hydrogens (tertiary/aromatic N) is 1. The fraction of sp³-hybridized carbons (Fsp3) is 0.500. The number of nitrogens with one attached hydrogen (secondary N) is 1. The number of carbonyl (C=O) groups excluding carboxylic acids is 1. The highest BCUT2D eigenvalue weighted by Gasteiger charge is 2.23. The van der Waals surface area contributed by atoms with E-state index in [1.165, 1.54) is 0 Å². The van der Waals surface area contributed by atoms with Gasteiger partial charge in [-0.1, -0.05) is 34.1 Å². The molecule has 0 fully saturated rings. The zero-order valence-electron chi connectivity index (χ0n) is 18.5. The van der Waals surface area contributed by atoms with Crippen LogP contribution in [-0.4, -0.2) is 10.5 Å². The monoisotopic (exact) mass is 508 g/mol. The average molecular weight is 508 g/mol. The van der Waals surface area contributed by atoms with Gasteiger partial charge in [0.25, 0.3) is 5.91 Å². The van der Waals surface area contributed by atoms with Crippen LogP contribution in [0.4, 0.5) is 5.69 Å². The van der Waals surface area contributed by atoms with Gasteiger partial charge in [0.2, 0.25) is 0 Å². The van der Waals surface area contributed by atoms with Crippen LogP contribution in [-0.2, 0) is 32.7 Å². The fourth-order valence-corrected chi connectivity index (χ4v) is 4.68. The topological polar surface area (TPSA) is 51.1 Å². The van der Waals surface area contributed by atoms with E-state index in [1.54, 1.807) is 0 Å². The van der Waals surface area contributed by atoms with Crippen molar-refractivity contribution in [2.24, 2.45) is 7.05 Å². The zero-order chi connectivity index (χ0) is 21.7. The molecule has 0 aliphatic carbocycles. The maximum absolute atomic E-state index is 13.4. The van der Waals surface area contributed by atoms with Gasteiger partial charge < -0.3 is 9.88 Å². The van der Waals surface area contributed by atoms with Crippen LogP contribution in [0.2, 0.25) is 0 Å². The number of pyridine rings is 1. The predicted octanol–water partition coefficient (Wildman–Crippen LogP) is 5.58. The van der Waals surface area contributed by atoms with Crippen molar-refractivity contribution in [3.63, 3.8) is 0 Å². The largest absolute Gasteiger partial charge is 0.351 e. The van der Waals surface area contributed by atoms with E-state index < -0.39 is 0 Å². The summed E-state index contributed by atoms with van der Waals surface area (Å²) in [6, 6.07) is 4.22. The molecule has 1 amide bonds. The Morgan fingerprint density at radius 1 is 1.07 bits per heavy atom. The molecule has 4 nitrogen and oxygen atoms in total. The first-order valence-corrected chi connectivity index (χ1v) is 11.7. The van der Waals surface area contributed by atoms with Crippen molar-refractivity contribution in [3.8, 4) is 0 Å². The number of hydrogen-bond donors (Lipinski definition) is 1. The summed E-state index contributed by atoms with van der Waals surface area (Å²) in [4.78, 5) is 26.7. The molecule has 5 heteroatoms. The Balaban J connectivity index is 2.65. The van der Waals surface area contributed by atoms with Crippen LogP contribution in [0.25, 0.3) is 0 Å². The number of aryl methyl sites for hydroxylation is 2. The Kier molecular flexibility index (Phi) is 8.49. The molecule has 2 rings (SSSR count). The molecule has 1 aromatic heterocycles. The van der Waals surface area contributed by atoms with E-state index in [9.17, 15) is 9.59 Å². The minimum atomic E-state index is -0.281. The zero-order valence-corrected chi connectivity index (χ0v) is 20.7. The summed E-state index contributed by atoms with van der Waals surface area (Å²) in [5.74, 6) is -0.281. The number of halogens is 1. The molecular formula is C24H33IN2O2. The molecule has 0 atom stereocenters. The van der Waals surface area contributed by atoms with E-state index in [-0.39, 0.29) is 11.3 Å². The van der Waals surface area contributed by atoms with Crippen LogP contribution in [0, 0.1) is 10.5 Å². The van der Waals surface area contributed by atoms with Crippen LogP contribution in [0.5, 0.6) is 0 Å². The van der Waals surface area contributed by atoms with Gasteiger partial charge in [-0.2, -0.15) is 0 Å². The maximum atomic E-state index is 13.4. The summed E-state index contributed by atoms with van der Waals surface area (Å²) in [5.41, 5.74) is 5.80. The first-order valence-electron chi connectivity index (χ1n) is 10.6. The molecule has 1 aromatic carbocycles. The van der Waals surface area contributed by atoms with Gasteiger partial charge in [0.15, 0.2) is 5.43 Å². The second kappa shape index (κ2) is 10.4. The molecule has 158 valence electrons. The van der Waals surface area contributed by atoms with E-state index in [4.69, 9.17) is 0 Å². The van der Waals surface area contributed by atoms with Gasteiger partial charge in [-0.15, -0.1) is 0 Å². The third kappa shape index (κ3) is 4.93. The molecule has 0 unspecified atom stereocenters. The molecule has 0 saturated heterocycles. The third-order valence-corrected chi connectivity index (χ3v) is 6.37. The lowest BCUT2D eigenvalue weighted by atomic mass is 9.99. The number of aromatic nitrogens is 1. The predicted molar refractivity (Wildman–Crippen MR) is 130 cm³/mol. The van der Waals surface area contributed by atoms with Gasteiger partial charge >= 0.3 is 0 Å². The van der Waals surface area contributed by atoms with E-state index in [0.717, 1.165) is 69.4 Å². The molecule has 1 heterocycles. The minimum Gasteiger partial charge on any atom is -0.351 e. The molecular weight excluding hydrogens is 475 g/mol. The highest BCUT2D eigenvalue weighted by molar-refractivity contribution is 14.1. The summed E-state index contributed by atoms with van der Waals surface area (Å²) >= 11 is 2.32. The van der Waals surface area contributed by atoms with Gasteiger partial charge in [-0.25, -0.2) is 0 Å². The Bertz CT molecular complexity index is 935. The SMILES string of the molecule is CCCCc1c(C(=O)Nc2c(CC)cc(I)cc2CC)c(=O)c(CC)c(C)n1C. The second-order valence-corrected chi connectivity index (χ2v) is 8.74. The van der Waals surface area contributed by atoms with E-state index in [0.29, 0.717) is 12.0 Å². The summed E-state index contributed by atoms with van der Waals surface area (Å²) in [6.45, 7) is 10.2. The lowest BCUT2D eigenvalue weighted by Crippen LogP contribution is -2.31. The number of benzene rings is 1. The molecule has 2 aromatic rings. The smallest absolute Gasteiger partial charge is 0.261 e. The number of unbranched alkanes of at least 4 members (excludes halogenated alkanes) is 1. The van der Waals surface area contributed by atoms with Crippen LogP contribution in [0.3, 0.4) is 0 Å². The molecule has 1 N–H and O–H groups in total. The highest BCUT2D eigenvalue weighted by atomic mass is 127. The summed E-state index contributed by atoms with van der Waals surface area (Å²) in [7, 11) is 1.97. The molecule has 0 saturated carbocycles. The van der Waals surface area contributed by atoms with Gasteiger partial charge in [0, 0.05) is 33.3 Å². The minimum absolute atomic E-state index is 0.117. The summed E-state index contributed by atoms with van der Waals surface area (Å²) in [6.07, 6.45) is 4.96. The quantitative estimate of drug-likeness (QED) is 0.474. The number of carbonyl (C=O) groups is 1. The Labute approximate surface area is 188 Å². The van der Waals surface area contributed by atoms with Crippen molar-refractivity contribution in [1.29, 1.82) is 0 Å². The van der Waals surface area contributed by atoms with Gasteiger partial charge in [-0.3, -0.25) is 9.59 Å². The third-order valence-electron chi connectivity index (χ3n) is 5.75. The van der Waals surface area contributed by atoms with Crippen molar-refractivity contribution < 1.29 is 4.79 Å². The molecule has 0 radical (unpaired) electrons. The van der Waals surface area contributed by atoms with Crippen molar-refractivity contribution >= 4 is 34.2 Å². The van der Waals surface area contributed by atoms with Gasteiger partial charge in [-0.05, 0) is 84.9 Å². The summed E-state index contributed by atoms with van der Waals surface area (Å²) in [5, 5.41) is 3.12. The number of hydrogen-bond acceptors (Lipinski definition) is 2. The Morgan fingerprint density at radius 2 is 1.66 bits per heavy atom. The molecule has 0 bridgehead atoms. The molecule has 0 aliphatic rings. The lowest BCUT2D eigenvalue weighted by Gasteiger charge is -2.21. The van der Waals surface area contributed by atoms with Crippen LogP contribution in [0.1, 0.15) is 79.0 Å². The standard InChI is InChI=1S/C24H33IN2O2/c1-7-11-12-20-21(23(28)19(10-4)15(5)27(20)6)24(29)26-22-16(8-2)13-18(25)14-17(22)9-3/h13-14H,7-12H2,1-6H3,(H,26,29). The van der Waals surface area contributed by atoms with Crippen molar-refractivity contribution in [3.05, 3.63) is 59.6 Å². The number of amides is 1. The molecule has 0 spiro atoms. The number of anilines is 1. The van der Waals surface area contributed by atoms with Crippen molar-refractivity contribution in [2.75, 3.05) is 5.32 Å². The number of rotatable bonds is 8. The molecule has 29 heavy (non-hydrogen) atoms. The maximum Gasteiger partial charge on any atom is 0.261 e. The van der Waals surface area contributed by atoms with Gasteiger partial charge in [0.1, 0.15) is 5.56 Å². The first kappa shape index (κ1) is 23.6. The van der Waals surface area contributed by atoms with Gasteiger partial charge in [0.05, 0.1) is 0 Å².